The molecule has 3 atom stereocenters. The average Bonchev–Trinajstić information content (AvgIpc) is 3.16. The van der Waals surface area contributed by atoms with Crippen LogP contribution in [0.3, 0.4) is 0 Å². The molecule has 0 rings (SSSR count). The highest BCUT2D eigenvalue weighted by atomic mass is 31.2. The lowest BCUT2D eigenvalue weighted by molar-refractivity contribution is -0.870. The number of quaternary nitrogens is 1. The summed E-state index contributed by atoms with van der Waals surface area (Å²) in [5, 5.41) is 14.0. The molecule has 0 aromatic heterocycles. The minimum absolute atomic E-state index is 0.0752. The Labute approximate surface area is 354 Å². The quantitative estimate of drug-likeness (QED) is 0.0244. The SMILES string of the molecule is CCCCCCCCCCC/C=C\CCCCCCCC(=O)NC(COP(=O)(O)OCC[N+](C)(C)C)C(O)CCCCCCCCCCCCCCCCCCC. The largest absolute Gasteiger partial charge is 0.472 e. The molecule has 0 aliphatic carbocycles. The number of phosphoric acid groups is 1. The predicted molar refractivity (Wildman–Crippen MR) is 245 cm³/mol. The number of unbranched alkanes of at least 4 members (excludes halogenated alkanes) is 30. The first-order chi connectivity index (χ1) is 27.5. The monoisotopic (exact) mass is 830 g/mol. The molecule has 3 N–H and O–H groups in total. The van der Waals surface area contributed by atoms with Crippen LogP contribution in [-0.2, 0) is 18.4 Å². The average molecular weight is 830 g/mol. The van der Waals surface area contributed by atoms with Crippen molar-refractivity contribution < 1.29 is 32.9 Å². The summed E-state index contributed by atoms with van der Waals surface area (Å²) in [6.45, 7) is 4.90. The van der Waals surface area contributed by atoms with Gasteiger partial charge < -0.3 is 19.8 Å². The van der Waals surface area contributed by atoms with Gasteiger partial charge in [0.1, 0.15) is 13.2 Å². The molecule has 0 saturated carbocycles. The van der Waals surface area contributed by atoms with Crippen molar-refractivity contribution in [2.75, 3.05) is 40.9 Å². The van der Waals surface area contributed by atoms with Crippen LogP contribution in [0.2, 0.25) is 0 Å². The normalized spacial score (nSPS) is 14.3. The molecule has 0 heterocycles. The number of carbonyl (C=O) groups excluding carboxylic acids is 1. The molecular weight excluding hydrogens is 732 g/mol. The van der Waals surface area contributed by atoms with E-state index in [1.165, 1.54) is 167 Å². The van der Waals surface area contributed by atoms with Gasteiger partial charge in [-0.1, -0.05) is 206 Å². The fourth-order valence-corrected chi connectivity index (χ4v) is 8.07. The van der Waals surface area contributed by atoms with E-state index in [1.807, 2.05) is 21.1 Å². The van der Waals surface area contributed by atoms with Crippen LogP contribution in [-0.4, -0.2) is 73.4 Å². The molecule has 0 fully saturated rings. The number of allylic oxidation sites excluding steroid dienone is 2. The van der Waals surface area contributed by atoms with Crippen molar-refractivity contribution in [2.24, 2.45) is 0 Å². The highest BCUT2D eigenvalue weighted by Gasteiger charge is 2.28. The molecule has 0 aromatic rings. The zero-order chi connectivity index (χ0) is 42.1. The zero-order valence-corrected chi connectivity index (χ0v) is 39.5. The summed E-state index contributed by atoms with van der Waals surface area (Å²) in [4.78, 5) is 23.2. The van der Waals surface area contributed by atoms with Crippen LogP contribution in [0.4, 0.5) is 0 Å². The number of nitrogens with one attached hydrogen (secondary N) is 1. The molecule has 57 heavy (non-hydrogen) atoms. The Balaban J connectivity index is 4.30. The number of hydrogen-bond donors (Lipinski definition) is 3. The minimum atomic E-state index is -4.31. The molecule has 3 unspecified atom stereocenters. The maximum Gasteiger partial charge on any atom is 0.472 e. The Morgan fingerprint density at radius 2 is 0.947 bits per heavy atom. The highest BCUT2D eigenvalue weighted by Crippen LogP contribution is 2.43. The standard InChI is InChI=1S/C48H97N2O6P/c1-6-8-10-12-14-16-18-20-22-24-26-28-30-32-34-36-38-40-42-48(52)49-46(45-56-57(53,54)55-44-43-50(3,4)5)47(51)41-39-37-35-33-31-29-27-25-23-21-19-17-15-13-11-9-7-2/h26,28,46-47,51H,6-25,27,29-45H2,1-5H3,(H-,49,52,53,54)/p+1/b28-26-. The van der Waals surface area contributed by atoms with Crippen LogP contribution in [0.5, 0.6) is 0 Å². The van der Waals surface area contributed by atoms with E-state index in [0.29, 0.717) is 23.9 Å². The zero-order valence-electron chi connectivity index (χ0n) is 38.6. The number of nitrogens with zero attached hydrogens (tertiary/aromatic N) is 1. The van der Waals surface area contributed by atoms with Gasteiger partial charge in [0.15, 0.2) is 0 Å². The highest BCUT2D eigenvalue weighted by molar-refractivity contribution is 7.47. The number of likely N-dealkylation sites (N-methyl/N-ethyl adjacent to an activating group) is 1. The number of phosphoric ester groups is 1. The van der Waals surface area contributed by atoms with Crippen molar-refractivity contribution in [1.29, 1.82) is 0 Å². The number of rotatable bonds is 45. The third kappa shape index (κ3) is 43.1. The Kier molecular flexibility index (Phi) is 40.1. The number of carbonyl (C=O) groups is 1. The van der Waals surface area contributed by atoms with Gasteiger partial charge in [0, 0.05) is 6.42 Å². The summed E-state index contributed by atoms with van der Waals surface area (Å²) in [5.74, 6) is -0.150. The lowest BCUT2D eigenvalue weighted by Gasteiger charge is -2.26. The summed E-state index contributed by atoms with van der Waals surface area (Å²) < 4.78 is 23.7. The smallest absolute Gasteiger partial charge is 0.391 e. The van der Waals surface area contributed by atoms with Crippen LogP contribution in [0.25, 0.3) is 0 Å². The Morgan fingerprint density at radius 3 is 1.35 bits per heavy atom. The first-order valence-electron chi connectivity index (χ1n) is 24.6. The van der Waals surface area contributed by atoms with Crippen molar-refractivity contribution in [2.45, 2.75) is 251 Å². The van der Waals surface area contributed by atoms with Crippen LogP contribution in [0.15, 0.2) is 12.2 Å². The molecule has 8 nitrogen and oxygen atoms in total. The fraction of sp³-hybridized carbons (Fsp3) is 0.938. The van der Waals surface area contributed by atoms with Gasteiger partial charge in [-0.3, -0.25) is 13.8 Å². The van der Waals surface area contributed by atoms with Gasteiger partial charge in [-0.25, -0.2) is 4.57 Å². The molecule has 0 aliphatic rings. The van der Waals surface area contributed by atoms with Crippen molar-refractivity contribution in [1.82, 2.24) is 5.32 Å². The van der Waals surface area contributed by atoms with Gasteiger partial charge >= 0.3 is 7.82 Å². The van der Waals surface area contributed by atoms with E-state index in [0.717, 1.165) is 44.9 Å². The van der Waals surface area contributed by atoms with Crippen LogP contribution in [0, 0.1) is 0 Å². The van der Waals surface area contributed by atoms with Gasteiger partial charge in [0.05, 0.1) is 39.9 Å². The molecule has 0 saturated heterocycles. The number of hydrogen-bond acceptors (Lipinski definition) is 5. The van der Waals surface area contributed by atoms with E-state index in [-0.39, 0.29) is 19.1 Å². The lowest BCUT2D eigenvalue weighted by atomic mass is 10.0. The van der Waals surface area contributed by atoms with Gasteiger partial charge in [0.25, 0.3) is 0 Å². The van der Waals surface area contributed by atoms with Crippen molar-refractivity contribution >= 4 is 13.7 Å². The Bertz CT molecular complexity index is 942. The van der Waals surface area contributed by atoms with E-state index in [9.17, 15) is 19.4 Å². The Hall–Kier alpha value is -0.760. The molecule has 340 valence electrons. The third-order valence-corrected chi connectivity index (χ3v) is 12.2. The number of amides is 1. The second-order valence-corrected chi connectivity index (χ2v) is 19.6. The fourth-order valence-electron chi connectivity index (χ4n) is 7.34. The summed E-state index contributed by atoms with van der Waals surface area (Å²) in [6.07, 6.45) is 46.6. The summed E-state index contributed by atoms with van der Waals surface area (Å²) in [6, 6.07) is -0.761. The van der Waals surface area contributed by atoms with E-state index in [4.69, 9.17) is 9.05 Å². The van der Waals surface area contributed by atoms with Gasteiger partial charge in [0.2, 0.25) is 5.91 Å². The van der Waals surface area contributed by atoms with Crippen molar-refractivity contribution in [3.05, 3.63) is 12.2 Å². The lowest BCUT2D eigenvalue weighted by Crippen LogP contribution is -2.46. The van der Waals surface area contributed by atoms with E-state index < -0.39 is 20.0 Å². The first-order valence-corrected chi connectivity index (χ1v) is 26.0. The topological polar surface area (TPSA) is 105 Å². The van der Waals surface area contributed by atoms with E-state index in [2.05, 4.69) is 31.3 Å². The predicted octanol–water partition coefficient (Wildman–Crippen LogP) is 13.9. The molecule has 9 heteroatoms. The van der Waals surface area contributed by atoms with Gasteiger partial charge in [-0.2, -0.15) is 0 Å². The first kappa shape index (κ1) is 56.2. The van der Waals surface area contributed by atoms with Gasteiger partial charge in [-0.05, 0) is 38.5 Å². The molecular formula is C48H98N2O6P+. The van der Waals surface area contributed by atoms with Crippen molar-refractivity contribution in [3.63, 3.8) is 0 Å². The van der Waals surface area contributed by atoms with Crippen molar-refractivity contribution in [3.8, 4) is 0 Å². The second-order valence-electron chi connectivity index (χ2n) is 18.2. The van der Waals surface area contributed by atoms with E-state index >= 15 is 0 Å². The summed E-state index contributed by atoms with van der Waals surface area (Å²) >= 11 is 0. The van der Waals surface area contributed by atoms with E-state index in [1.54, 1.807) is 0 Å². The van der Waals surface area contributed by atoms with Crippen LogP contribution < -0.4 is 5.32 Å². The molecule has 0 bridgehead atoms. The molecule has 0 aromatic carbocycles. The van der Waals surface area contributed by atoms with Gasteiger partial charge in [-0.15, -0.1) is 0 Å². The molecule has 0 aliphatic heterocycles. The number of aliphatic hydroxyl groups excluding tert-OH is 1. The minimum Gasteiger partial charge on any atom is -0.391 e. The maximum absolute atomic E-state index is 12.9. The second kappa shape index (κ2) is 40.6. The van der Waals surface area contributed by atoms with Crippen LogP contribution >= 0.6 is 7.82 Å². The maximum atomic E-state index is 12.9. The number of aliphatic hydroxyl groups is 1. The summed E-state index contributed by atoms with van der Waals surface area (Å²) in [5.41, 5.74) is 0. The molecule has 0 radical (unpaired) electrons. The molecule has 0 spiro atoms. The molecule has 1 amide bonds. The third-order valence-electron chi connectivity index (χ3n) is 11.3. The van der Waals surface area contributed by atoms with Crippen LogP contribution in [0.1, 0.15) is 239 Å². The Morgan fingerprint density at radius 1 is 0.579 bits per heavy atom. The summed E-state index contributed by atoms with van der Waals surface area (Å²) in [7, 11) is 1.62.